The van der Waals surface area contributed by atoms with Crippen molar-refractivity contribution < 1.29 is 28.6 Å². The molecule has 2 aromatic rings. The van der Waals surface area contributed by atoms with Gasteiger partial charge in [-0.3, -0.25) is 0 Å². The zero-order valence-electron chi connectivity index (χ0n) is 17.0. The molecule has 0 aliphatic rings. The standard InChI is InChI=1S/C23H24O6/c1-15-9-11-16(12-10-15)13-14-17-7-5-6-8-18(17)19(21(24)27-2)20(22(25)28-3)23(26)29-4/h5-12H,13-14H2,1-4H3. The summed E-state index contributed by atoms with van der Waals surface area (Å²) in [6.07, 6.45) is 1.31. The molecule has 0 N–H and O–H groups in total. The number of benzene rings is 2. The first-order valence-corrected chi connectivity index (χ1v) is 9.06. The van der Waals surface area contributed by atoms with Crippen LogP contribution in [0.25, 0.3) is 5.57 Å². The number of carbonyl (C=O) groups excluding carboxylic acids is 3. The van der Waals surface area contributed by atoms with Crippen LogP contribution in [0.1, 0.15) is 22.3 Å². The van der Waals surface area contributed by atoms with Crippen molar-refractivity contribution in [3.8, 4) is 0 Å². The molecule has 0 spiro atoms. The molecule has 2 aromatic carbocycles. The van der Waals surface area contributed by atoms with Crippen LogP contribution in [-0.4, -0.2) is 39.2 Å². The van der Waals surface area contributed by atoms with E-state index in [1.807, 2.05) is 43.3 Å². The van der Waals surface area contributed by atoms with Gasteiger partial charge in [0.15, 0.2) is 5.57 Å². The summed E-state index contributed by atoms with van der Waals surface area (Å²) < 4.78 is 14.3. The maximum Gasteiger partial charge on any atom is 0.346 e. The molecule has 0 unspecified atom stereocenters. The highest BCUT2D eigenvalue weighted by molar-refractivity contribution is 6.32. The second-order valence-electron chi connectivity index (χ2n) is 6.37. The third-order valence-electron chi connectivity index (χ3n) is 4.51. The van der Waals surface area contributed by atoms with Crippen LogP contribution in [-0.2, 0) is 41.4 Å². The largest absolute Gasteiger partial charge is 0.465 e. The Hall–Kier alpha value is -3.41. The Morgan fingerprint density at radius 3 is 1.83 bits per heavy atom. The first-order valence-electron chi connectivity index (χ1n) is 9.06. The van der Waals surface area contributed by atoms with Crippen LogP contribution in [0, 0.1) is 6.92 Å². The Labute approximate surface area is 170 Å². The fourth-order valence-corrected chi connectivity index (χ4v) is 2.96. The van der Waals surface area contributed by atoms with E-state index in [0.717, 1.165) is 31.8 Å². The van der Waals surface area contributed by atoms with E-state index in [-0.39, 0.29) is 5.57 Å². The molecule has 0 radical (unpaired) electrons. The molecule has 0 bridgehead atoms. The van der Waals surface area contributed by atoms with Crippen LogP contribution < -0.4 is 0 Å². The van der Waals surface area contributed by atoms with E-state index < -0.39 is 23.5 Å². The summed E-state index contributed by atoms with van der Waals surface area (Å²) >= 11 is 0. The summed E-state index contributed by atoms with van der Waals surface area (Å²) in [5.41, 5.74) is 2.85. The van der Waals surface area contributed by atoms with Gasteiger partial charge in [0.25, 0.3) is 0 Å². The van der Waals surface area contributed by atoms with Crippen LogP contribution in [0.2, 0.25) is 0 Å². The maximum absolute atomic E-state index is 12.6. The third-order valence-corrected chi connectivity index (χ3v) is 4.51. The van der Waals surface area contributed by atoms with Crippen molar-refractivity contribution in [2.24, 2.45) is 0 Å². The molecule has 152 valence electrons. The zero-order chi connectivity index (χ0) is 21.4. The summed E-state index contributed by atoms with van der Waals surface area (Å²) in [7, 11) is 3.44. The van der Waals surface area contributed by atoms with Crippen molar-refractivity contribution >= 4 is 23.5 Å². The fraction of sp³-hybridized carbons (Fsp3) is 0.261. The van der Waals surface area contributed by atoms with Gasteiger partial charge in [-0.1, -0.05) is 54.1 Å². The molecule has 0 aromatic heterocycles. The van der Waals surface area contributed by atoms with Gasteiger partial charge in [0.1, 0.15) is 0 Å². The maximum atomic E-state index is 12.6. The van der Waals surface area contributed by atoms with Crippen LogP contribution in [0.15, 0.2) is 54.1 Å². The lowest BCUT2D eigenvalue weighted by molar-refractivity contribution is -0.145. The van der Waals surface area contributed by atoms with Crippen LogP contribution in [0.5, 0.6) is 0 Å². The molecule has 0 saturated carbocycles. The zero-order valence-corrected chi connectivity index (χ0v) is 17.0. The molecule has 0 fully saturated rings. The summed E-state index contributed by atoms with van der Waals surface area (Å²) in [4.78, 5) is 37.1. The van der Waals surface area contributed by atoms with Crippen molar-refractivity contribution in [3.05, 3.63) is 76.4 Å². The normalized spacial score (nSPS) is 10.1. The van der Waals surface area contributed by atoms with Crippen molar-refractivity contribution in [2.45, 2.75) is 19.8 Å². The fourth-order valence-electron chi connectivity index (χ4n) is 2.96. The number of hydrogen-bond donors (Lipinski definition) is 0. The molecular formula is C23H24O6. The Balaban J connectivity index is 2.55. The Bertz CT molecular complexity index is 907. The van der Waals surface area contributed by atoms with Crippen LogP contribution in [0.4, 0.5) is 0 Å². The number of methoxy groups -OCH3 is 3. The summed E-state index contributed by atoms with van der Waals surface area (Å²) in [6.45, 7) is 2.02. The smallest absolute Gasteiger partial charge is 0.346 e. The summed E-state index contributed by atoms with van der Waals surface area (Å²) in [5, 5.41) is 0. The Kier molecular flexibility index (Phi) is 7.71. The number of aryl methyl sites for hydroxylation is 3. The Morgan fingerprint density at radius 1 is 0.724 bits per heavy atom. The number of esters is 3. The van der Waals surface area contributed by atoms with Gasteiger partial charge in [0.2, 0.25) is 0 Å². The molecule has 0 saturated heterocycles. The highest BCUT2D eigenvalue weighted by Gasteiger charge is 2.31. The molecule has 29 heavy (non-hydrogen) atoms. The first-order chi connectivity index (χ1) is 13.9. The Morgan fingerprint density at radius 2 is 1.28 bits per heavy atom. The molecule has 0 atom stereocenters. The topological polar surface area (TPSA) is 78.9 Å². The van der Waals surface area contributed by atoms with Gasteiger partial charge in [0.05, 0.1) is 26.9 Å². The SMILES string of the molecule is COC(=O)C(C(=O)OC)=C(C(=O)OC)c1ccccc1CCc1ccc(C)cc1. The van der Waals surface area contributed by atoms with E-state index in [1.54, 1.807) is 12.1 Å². The van der Waals surface area contributed by atoms with Gasteiger partial charge in [0, 0.05) is 0 Å². The molecule has 6 nitrogen and oxygen atoms in total. The minimum absolute atomic E-state index is 0.175. The minimum Gasteiger partial charge on any atom is -0.465 e. The van der Waals surface area contributed by atoms with E-state index in [0.29, 0.717) is 12.0 Å². The lowest BCUT2D eigenvalue weighted by Gasteiger charge is -2.15. The van der Waals surface area contributed by atoms with Crippen LogP contribution >= 0.6 is 0 Å². The first kappa shape index (κ1) is 21.9. The molecule has 0 heterocycles. The van der Waals surface area contributed by atoms with Crippen molar-refractivity contribution in [2.75, 3.05) is 21.3 Å². The summed E-state index contributed by atoms with van der Waals surface area (Å²) in [5.74, 6) is -2.75. The number of rotatable bonds is 7. The molecule has 0 aliphatic carbocycles. The van der Waals surface area contributed by atoms with Gasteiger partial charge < -0.3 is 14.2 Å². The van der Waals surface area contributed by atoms with Gasteiger partial charge >= 0.3 is 17.9 Å². The van der Waals surface area contributed by atoms with E-state index in [4.69, 9.17) is 14.2 Å². The second-order valence-corrected chi connectivity index (χ2v) is 6.37. The predicted octanol–water partition coefficient (Wildman–Crippen LogP) is 3.05. The van der Waals surface area contributed by atoms with Gasteiger partial charge in [-0.05, 0) is 36.5 Å². The molecular weight excluding hydrogens is 372 g/mol. The highest BCUT2D eigenvalue weighted by atomic mass is 16.5. The molecule has 0 amide bonds. The third kappa shape index (κ3) is 5.31. The van der Waals surface area contributed by atoms with Crippen molar-refractivity contribution in [3.63, 3.8) is 0 Å². The lowest BCUT2D eigenvalue weighted by atomic mass is 9.92. The number of carbonyl (C=O) groups is 3. The molecule has 6 heteroatoms. The lowest BCUT2D eigenvalue weighted by Crippen LogP contribution is -2.22. The van der Waals surface area contributed by atoms with Crippen LogP contribution in [0.3, 0.4) is 0 Å². The molecule has 0 aliphatic heterocycles. The van der Waals surface area contributed by atoms with E-state index in [1.165, 1.54) is 12.7 Å². The van der Waals surface area contributed by atoms with Crippen molar-refractivity contribution in [1.29, 1.82) is 0 Å². The number of hydrogen-bond acceptors (Lipinski definition) is 6. The predicted molar refractivity (Wildman–Crippen MR) is 108 cm³/mol. The van der Waals surface area contributed by atoms with Gasteiger partial charge in [-0.2, -0.15) is 0 Å². The van der Waals surface area contributed by atoms with Crippen molar-refractivity contribution in [1.82, 2.24) is 0 Å². The average Bonchev–Trinajstić information content (AvgIpc) is 2.75. The van der Waals surface area contributed by atoms with Gasteiger partial charge in [-0.15, -0.1) is 0 Å². The minimum atomic E-state index is -0.967. The van der Waals surface area contributed by atoms with E-state index >= 15 is 0 Å². The summed E-state index contributed by atoms with van der Waals surface area (Å²) in [6, 6.07) is 15.2. The second kappa shape index (κ2) is 10.2. The highest BCUT2D eigenvalue weighted by Crippen LogP contribution is 2.27. The van der Waals surface area contributed by atoms with E-state index in [9.17, 15) is 14.4 Å². The quantitative estimate of drug-likeness (QED) is 0.235. The number of ether oxygens (including phenoxy) is 3. The molecule has 2 rings (SSSR count). The van der Waals surface area contributed by atoms with Gasteiger partial charge in [-0.25, -0.2) is 14.4 Å². The average molecular weight is 396 g/mol. The van der Waals surface area contributed by atoms with E-state index in [2.05, 4.69) is 0 Å². The monoisotopic (exact) mass is 396 g/mol.